The van der Waals surface area contributed by atoms with Gasteiger partial charge in [-0.1, -0.05) is 6.07 Å². The molecule has 1 fully saturated rings. The number of nitrogens with zero attached hydrogens (tertiary/aromatic N) is 2. The molecule has 0 amide bonds. The van der Waals surface area contributed by atoms with Crippen molar-refractivity contribution in [1.29, 1.82) is 0 Å². The molecule has 7 nitrogen and oxygen atoms in total. The van der Waals surface area contributed by atoms with Gasteiger partial charge in [-0.2, -0.15) is 4.31 Å². The van der Waals surface area contributed by atoms with Crippen molar-refractivity contribution >= 4 is 25.7 Å². The molecule has 0 saturated carbocycles. The Kier molecular flexibility index (Phi) is 5.32. The van der Waals surface area contributed by atoms with Crippen LogP contribution in [0.5, 0.6) is 5.75 Å². The molecule has 0 unspecified atom stereocenters. The van der Waals surface area contributed by atoms with Crippen LogP contribution >= 0.6 is 0 Å². The van der Waals surface area contributed by atoms with Crippen molar-refractivity contribution in [3.05, 3.63) is 47.5 Å². The first-order valence-electron chi connectivity index (χ1n) is 9.98. The lowest BCUT2D eigenvalue weighted by Crippen LogP contribution is -2.36. The number of methoxy groups -OCH3 is 1. The first-order valence-corrected chi connectivity index (χ1v) is 12.9. The zero-order valence-corrected chi connectivity index (χ0v) is 19.0. The van der Waals surface area contributed by atoms with Crippen molar-refractivity contribution in [3.8, 4) is 5.75 Å². The van der Waals surface area contributed by atoms with E-state index in [2.05, 4.69) is 0 Å². The van der Waals surface area contributed by atoms with Gasteiger partial charge in [-0.05, 0) is 74.6 Å². The minimum absolute atomic E-state index is 0.110. The third-order valence-corrected chi connectivity index (χ3v) is 9.61. The lowest BCUT2D eigenvalue weighted by Gasteiger charge is -2.25. The smallest absolute Gasteiger partial charge is 0.268 e. The van der Waals surface area contributed by atoms with Gasteiger partial charge in [0.2, 0.25) is 10.0 Å². The van der Waals surface area contributed by atoms with E-state index in [1.807, 2.05) is 13.8 Å². The molecule has 4 rings (SSSR count). The highest BCUT2D eigenvalue weighted by Gasteiger charge is 2.39. The molecule has 0 N–H and O–H groups in total. The number of fused-ring (bicyclic) bond motifs is 1. The maximum atomic E-state index is 13.5. The van der Waals surface area contributed by atoms with Crippen LogP contribution in [0.4, 0.5) is 5.69 Å². The predicted molar refractivity (Wildman–Crippen MR) is 115 cm³/mol. The van der Waals surface area contributed by atoms with Crippen molar-refractivity contribution in [1.82, 2.24) is 4.31 Å². The molecule has 1 atom stereocenters. The Morgan fingerprint density at radius 2 is 1.67 bits per heavy atom. The molecule has 0 spiro atoms. The van der Waals surface area contributed by atoms with Crippen LogP contribution in [0, 0.1) is 6.92 Å². The molecule has 2 heterocycles. The number of anilines is 1. The second-order valence-corrected chi connectivity index (χ2v) is 11.6. The van der Waals surface area contributed by atoms with Gasteiger partial charge in [0.15, 0.2) is 0 Å². The van der Waals surface area contributed by atoms with Gasteiger partial charge in [-0.3, -0.25) is 4.31 Å². The Hall–Kier alpha value is -2.10. The molecular weight excluding hydrogens is 424 g/mol. The standard InChI is InChI=1S/C21H26N2O5S2/c1-15-6-9-20(28-3)21(12-15)30(26,27)23-16(2)13-17-14-18(7-8-19(17)23)29(24,25)22-10-4-5-11-22/h6-9,12,14,16H,4-5,10-11,13H2,1-3H3/t16-/m1/s1. The SMILES string of the molecule is COc1ccc(C)cc1S(=O)(=O)N1c2ccc(S(=O)(=O)N3CCCC3)cc2C[C@H]1C. The molecule has 0 radical (unpaired) electrons. The first kappa shape index (κ1) is 21.1. The summed E-state index contributed by atoms with van der Waals surface area (Å²) < 4.78 is 61.1. The fourth-order valence-electron chi connectivity index (χ4n) is 4.27. The van der Waals surface area contributed by atoms with Crippen molar-refractivity contribution < 1.29 is 21.6 Å². The average molecular weight is 451 g/mol. The molecule has 9 heteroatoms. The van der Waals surface area contributed by atoms with E-state index in [1.165, 1.54) is 21.8 Å². The third kappa shape index (κ3) is 3.38. The molecule has 2 aromatic rings. The highest BCUT2D eigenvalue weighted by molar-refractivity contribution is 7.93. The second kappa shape index (κ2) is 7.55. The van der Waals surface area contributed by atoms with Crippen LogP contribution in [0.15, 0.2) is 46.2 Å². The van der Waals surface area contributed by atoms with Gasteiger partial charge in [0.25, 0.3) is 10.0 Å². The van der Waals surface area contributed by atoms with Gasteiger partial charge in [0.05, 0.1) is 17.7 Å². The summed E-state index contributed by atoms with van der Waals surface area (Å²) in [5, 5.41) is 0. The van der Waals surface area contributed by atoms with E-state index in [0.29, 0.717) is 25.2 Å². The molecule has 2 aliphatic rings. The molecule has 0 aromatic heterocycles. The number of hydrogen-bond donors (Lipinski definition) is 0. The number of hydrogen-bond acceptors (Lipinski definition) is 5. The lowest BCUT2D eigenvalue weighted by atomic mass is 10.1. The van der Waals surface area contributed by atoms with Crippen LogP contribution in [-0.4, -0.2) is 47.4 Å². The van der Waals surface area contributed by atoms with Crippen LogP contribution in [0.3, 0.4) is 0 Å². The van der Waals surface area contributed by atoms with E-state index in [-0.39, 0.29) is 21.6 Å². The lowest BCUT2D eigenvalue weighted by molar-refractivity contribution is 0.402. The Morgan fingerprint density at radius 3 is 2.33 bits per heavy atom. The van der Waals surface area contributed by atoms with E-state index in [4.69, 9.17) is 4.74 Å². The summed E-state index contributed by atoms with van der Waals surface area (Å²) in [4.78, 5) is 0.334. The molecule has 162 valence electrons. The zero-order chi connectivity index (χ0) is 21.7. The maximum Gasteiger partial charge on any atom is 0.268 e. The first-order chi connectivity index (χ1) is 14.2. The molecule has 30 heavy (non-hydrogen) atoms. The van der Waals surface area contributed by atoms with Crippen LogP contribution in [-0.2, 0) is 26.5 Å². The van der Waals surface area contributed by atoms with Crippen molar-refractivity contribution in [3.63, 3.8) is 0 Å². The van der Waals surface area contributed by atoms with Gasteiger partial charge < -0.3 is 4.74 Å². The van der Waals surface area contributed by atoms with Gasteiger partial charge in [-0.15, -0.1) is 0 Å². The topological polar surface area (TPSA) is 84.0 Å². The van der Waals surface area contributed by atoms with E-state index < -0.39 is 20.0 Å². The fraction of sp³-hybridized carbons (Fsp3) is 0.429. The van der Waals surface area contributed by atoms with Crippen molar-refractivity contribution in [2.75, 3.05) is 24.5 Å². The summed E-state index contributed by atoms with van der Waals surface area (Å²) in [5.74, 6) is 0.287. The minimum Gasteiger partial charge on any atom is -0.495 e. The van der Waals surface area contributed by atoms with Crippen LogP contribution in [0.25, 0.3) is 0 Å². The van der Waals surface area contributed by atoms with E-state index >= 15 is 0 Å². The highest BCUT2D eigenvalue weighted by Crippen LogP contribution is 2.40. The average Bonchev–Trinajstić information content (AvgIpc) is 3.35. The van der Waals surface area contributed by atoms with Gasteiger partial charge in [0, 0.05) is 19.1 Å². The third-order valence-electron chi connectivity index (χ3n) is 5.76. The van der Waals surface area contributed by atoms with Gasteiger partial charge in [-0.25, -0.2) is 16.8 Å². The van der Waals surface area contributed by atoms with Crippen LogP contribution in [0.1, 0.15) is 30.9 Å². The van der Waals surface area contributed by atoms with E-state index in [0.717, 1.165) is 24.0 Å². The predicted octanol–water partition coefficient (Wildman–Crippen LogP) is 2.93. The normalized spacial score (nSPS) is 19.8. The van der Waals surface area contributed by atoms with E-state index in [9.17, 15) is 16.8 Å². The molecule has 0 bridgehead atoms. The number of sulfonamides is 2. The zero-order valence-electron chi connectivity index (χ0n) is 17.3. The van der Waals surface area contributed by atoms with Gasteiger partial charge in [0.1, 0.15) is 10.6 Å². The number of ether oxygens (including phenoxy) is 1. The molecule has 2 aromatic carbocycles. The number of benzene rings is 2. The summed E-state index contributed by atoms with van der Waals surface area (Å²) >= 11 is 0. The summed E-state index contributed by atoms with van der Waals surface area (Å²) in [7, 11) is -5.99. The Balaban J connectivity index is 1.76. The van der Waals surface area contributed by atoms with Gasteiger partial charge >= 0.3 is 0 Å². The Morgan fingerprint density at radius 1 is 0.967 bits per heavy atom. The van der Waals surface area contributed by atoms with Crippen LogP contribution < -0.4 is 9.04 Å². The maximum absolute atomic E-state index is 13.5. The Labute approximate surface area is 178 Å². The Bertz CT molecular complexity index is 1190. The number of aryl methyl sites for hydroxylation is 1. The van der Waals surface area contributed by atoms with Crippen molar-refractivity contribution in [2.24, 2.45) is 0 Å². The van der Waals surface area contributed by atoms with Crippen LogP contribution in [0.2, 0.25) is 0 Å². The molecule has 0 aliphatic carbocycles. The summed E-state index contributed by atoms with van der Waals surface area (Å²) in [6.07, 6.45) is 2.18. The van der Waals surface area contributed by atoms with E-state index in [1.54, 1.807) is 30.3 Å². The summed E-state index contributed by atoms with van der Waals surface area (Å²) in [6, 6.07) is 9.47. The van der Waals surface area contributed by atoms with Crippen molar-refractivity contribution in [2.45, 2.75) is 48.9 Å². The number of rotatable bonds is 5. The molecule has 1 saturated heterocycles. The fourth-order valence-corrected chi connectivity index (χ4v) is 7.78. The summed E-state index contributed by atoms with van der Waals surface area (Å²) in [5.41, 5.74) is 2.05. The molecule has 2 aliphatic heterocycles. The monoisotopic (exact) mass is 450 g/mol. The minimum atomic E-state index is -3.88. The quantitative estimate of drug-likeness (QED) is 0.699. The molecular formula is C21H26N2O5S2. The second-order valence-electron chi connectivity index (χ2n) is 7.91. The largest absolute Gasteiger partial charge is 0.495 e. The highest BCUT2D eigenvalue weighted by atomic mass is 32.2. The summed E-state index contributed by atoms with van der Waals surface area (Å²) in [6.45, 7) is 4.72.